The van der Waals surface area contributed by atoms with E-state index in [1.165, 1.54) is 11.8 Å². The lowest BCUT2D eigenvalue weighted by molar-refractivity contribution is -0.122. The predicted molar refractivity (Wildman–Crippen MR) is 100 cm³/mol. The molecular weight excluding hydrogens is 330 g/mol. The zero-order valence-electron chi connectivity index (χ0n) is 14.8. The van der Waals surface area contributed by atoms with Crippen LogP contribution in [0.2, 0.25) is 0 Å². The highest BCUT2D eigenvalue weighted by molar-refractivity contribution is 5.93. The molecule has 0 aliphatic heterocycles. The number of carbonyl (C=O) groups is 2. The van der Waals surface area contributed by atoms with E-state index in [4.69, 9.17) is 4.74 Å². The van der Waals surface area contributed by atoms with Crippen LogP contribution in [0.1, 0.15) is 31.7 Å². The van der Waals surface area contributed by atoms with Crippen molar-refractivity contribution in [3.63, 3.8) is 0 Å². The van der Waals surface area contributed by atoms with Crippen LogP contribution in [0.3, 0.4) is 0 Å². The molecule has 0 atom stereocenters. The predicted octanol–water partition coefficient (Wildman–Crippen LogP) is 3.40. The van der Waals surface area contributed by atoms with Gasteiger partial charge in [0.1, 0.15) is 11.6 Å². The van der Waals surface area contributed by atoms with Crippen molar-refractivity contribution in [3.05, 3.63) is 48.2 Å². The van der Waals surface area contributed by atoms with Gasteiger partial charge in [-0.05, 0) is 49.1 Å². The Bertz CT molecular complexity index is 753. The van der Waals surface area contributed by atoms with Crippen LogP contribution in [0.25, 0.3) is 0 Å². The van der Waals surface area contributed by atoms with E-state index < -0.39 is 0 Å². The number of ether oxygens (including phenoxy) is 1. The van der Waals surface area contributed by atoms with Crippen molar-refractivity contribution in [1.82, 2.24) is 4.98 Å². The molecule has 2 aromatic rings. The highest BCUT2D eigenvalue weighted by Gasteiger charge is 2.25. The first-order valence-electron chi connectivity index (χ1n) is 8.92. The maximum absolute atomic E-state index is 12.0. The summed E-state index contributed by atoms with van der Waals surface area (Å²) in [6, 6.07) is 11.0. The molecule has 136 valence electrons. The maximum Gasteiger partial charge on any atom is 0.263 e. The molecule has 2 N–H and O–H groups in total. The second kappa shape index (κ2) is 8.47. The van der Waals surface area contributed by atoms with Crippen molar-refractivity contribution in [2.45, 2.75) is 32.6 Å². The molecule has 0 radical (unpaired) electrons. The van der Waals surface area contributed by atoms with Gasteiger partial charge in [-0.2, -0.15) is 0 Å². The number of aryl methyl sites for hydroxylation is 1. The highest BCUT2D eigenvalue weighted by atomic mass is 16.5. The molecule has 1 aliphatic rings. The number of pyridine rings is 1. The molecule has 26 heavy (non-hydrogen) atoms. The van der Waals surface area contributed by atoms with Gasteiger partial charge < -0.3 is 15.4 Å². The van der Waals surface area contributed by atoms with Crippen molar-refractivity contribution in [1.29, 1.82) is 0 Å². The lowest BCUT2D eigenvalue weighted by Gasteiger charge is -2.23. The van der Waals surface area contributed by atoms with Crippen LogP contribution in [-0.2, 0) is 16.0 Å². The quantitative estimate of drug-likeness (QED) is 0.799. The van der Waals surface area contributed by atoms with Gasteiger partial charge in [0.15, 0.2) is 6.61 Å². The Labute approximate surface area is 153 Å². The normalized spacial score (nSPS) is 13.6. The van der Waals surface area contributed by atoms with E-state index in [1.54, 1.807) is 12.1 Å². The van der Waals surface area contributed by atoms with E-state index in [1.807, 2.05) is 24.3 Å². The first-order chi connectivity index (χ1) is 12.6. The Morgan fingerprint density at radius 2 is 1.88 bits per heavy atom. The number of nitrogens with zero attached hydrogens (tertiary/aromatic N) is 1. The zero-order chi connectivity index (χ0) is 18.4. The summed E-state index contributed by atoms with van der Waals surface area (Å²) in [5.41, 5.74) is 1.85. The molecule has 1 saturated carbocycles. The molecule has 1 aliphatic carbocycles. The van der Waals surface area contributed by atoms with Crippen LogP contribution in [0.5, 0.6) is 5.75 Å². The van der Waals surface area contributed by atoms with Gasteiger partial charge in [-0.3, -0.25) is 9.59 Å². The number of hydrogen-bond acceptors (Lipinski definition) is 4. The molecule has 1 aromatic carbocycles. The fourth-order valence-corrected chi connectivity index (χ4v) is 2.61. The van der Waals surface area contributed by atoms with Gasteiger partial charge in [0.2, 0.25) is 5.91 Å². The minimum absolute atomic E-state index is 0.0392. The Kier molecular flexibility index (Phi) is 5.84. The third-order valence-electron chi connectivity index (χ3n) is 4.48. The molecule has 6 heteroatoms. The molecule has 6 nitrogen and oxygen atoms in total. The largest absolute Gasteiger partial charge is 0.484 e. The lowest BCUT2D eigenvalue weighted by atomic mass is 9.85. The van der Waals surface area contributed by atoms with E-state index in [-0.39, 0.29) is 24.3 Å². The summed E-state index contributed by atoms with van der Waals surface area (Å²) in [5, 5.41) is 5.51. The lowest BCUT2D eigenvalue weighted by Crippen LogP contribution is -2.28. The van der Waals surface area contributed by atoms with Gasteiger partial charge in [-0.15, -0.1) is 0 Å². The molecule has 0 spiro atoms. The summed E-state index contributed by atoms with van der Waals surface area (Å²) >= 11 is 0. The van der Waals surface area contributed by atoms with Crippen molar-refractivity contribution in [2.24, 2.45) is 5.92 Å². The fraction of sp³-hybridized carbons (Fsp3) is 0.350. The van der Waals surface area contributed by atoms with Crippen molar-refractivity contribution >= 4 is 23.3 Å². The van der Waals surface area contributed by atoms with Crippen LogP contribution in [-0.4, -0.2) is 23.4 Å². The van der Waals surface area contributed by atoms with Crippen LogP contribution < -0.4 is 15.4 Å². The molecule has 1 heterocycles. The number of hydrogen-bond donors (Lipinski definition) is 2. The van der Waals surface area contributed by atoms with Gasteiger partial charge in [-0.25, -0.2) is 4.98 Å². The van der Waals surface area contributed by atoms with Gasteiger partial charge in [-0.1, -0.05) is 25.5 Å². The molecule has 2 amide bonds. The van der Waals surface area contributed by atoms with Crippen molar-refractivity contribution in [2.75, 3.05) is 17.2 Å². The van der Waals surface area contributed by atoms with Gasteiger partial charge in [0.05, 0.1) is 11.9 Å². The summed E-state index contributed by atoms with van der Waals surface area (Å²) in [6.07, 6.45) is 5.52. The number of carbonyl (C=O) groups excluding carboxylic acids is 2. The minimum atomic E-state index is -0.289. The van der Waals surface area contributed by atoms with E-state index in [2.05, 4.69) is 22.5 Å². The van der Waals surface area contributed by atoms with Gasteiger partial charge in [0, 0.05) is 5.92 Å². The molecule has 0 unspecified atom stereocenters. The van der Waals surface area contributed by atoms with E-state index in [0.29, 0.717) is 17.3 Å². The van der Waals surface area contributed by atoms with Crippen LogP contribution in [0, 0.1) is 5.92 Å². The Morgan fingerprint density at radius 3 is 2.46 bits per heavy atom. The topological polar surface area (TPSA) is 80.3 Å². The number of nitrogens with one attached hydrogen (secondary N) is 2. The van der Waals surface area contributed by atoms with Crippen LogP contribution in [0.4, 0.5) is 11.5 Å². The maximum atomic E-state index is 12.0. The first-order valence-corrected chi connectivity index (χ1v) is 8.92. The summed E-state index contributed by atoms with van der Waals surface area (Å²) in [5.74, 6) is 0.944. The molecular formula is C20H23N3O3. The zero-order valence-corrected chi connectivity index (χ0v) is 14.8. The summed E-state index contributed by atoms with van der Waals surface area (Å²) < 4.78 is 5.46. The summed E-state index contributed by atoms with van der Waals surface area (Å²) in [7, 11) is 0. The minimum Gasteiger partial charge on any atom is -0.484 e. The molecule has 1 aromatic heterocycles. The number of amides is 2. The van der Waals surface area contributed by atoms with Crippen LogP contribution >= 0.6 is 0 Å². The molecule has 1 fully saturated rings. The van der Waals surface area contributed by atoms with Crippen LogP contribution in [0.15, 0.2) is 42.6 Å². The highest BCUT2D eigenvalue weighted by Crippen LogP contribution is 2.27. The Morgan fingerprint density at radius 1 is 1.12 bits per heavy atom. The number of benzene rings is 1. The Hall–Kier alpha value is -2.89. The standard InChI is InChI=1S/C20H23N3O3/c1-2-14-6-9-17(10-7-14)26-13-19(24)23-18-11-8-16(12-21-18)22-20(25)15-4-3-5-15/h6-12,15H,2-5,13H2,1H3,(H,22,25)(H,21,23,24). The summed E-state index contributed by atoms with van der Waals surface area (Å²) in [6.45, 7) is 1.99. The molecule has 0 bridgehead atoms. The third-order valence-corrected chi connectivity index (χ3v) is 4.48. The number of anilines is 2. The van der Waals surface area contributed by atoms with E-state index in [9.17, 15) is 9.59 Å². The van der Waals surface area contributed by atoms with E-state index >= 15 is 0 Å². The monoisotopic (exact) mass is 353 g/mol. The first kappa shape index (κ1) is 17.9. The molecule has 0 saturated heterocycles. The SMILES string of the molecule is CCc1ccc(OCC(=O)Nc2ccc(NC(=O)C3CCC3)cn2)cc1. The number of aromatic nitrogens is 1. The average Bonchev–Trinajstić information content (AvgIpc) is 2.60. The fourth-order valence-electron chi connectivity index (χ4n) is 2.61. The van der Waals surface area contributed by atoms with E-state index in [0.717, 1.165) is 25.7 Å². The Balaban J connectivity index is 1.45. The average molecular weight is 353 g/mol. The molecule has 3 rings (SSSR count). The number of rotatable bonds is 7. The van der Waals surface area contributed by atoms with Gasteiger partial charge in [0.25, 0.3) is 5.91 Å². The van der Waals surface area contributed by atoms with Gasteiger partial charge >= 0.3 is 0 Å². The van der Waals surface area contributed by atoms with Crippen molar-refractivity contribution in [3.8, 4) is 5.75 Å². The second-order valence-corrected chi connectivity index (χ2v) is 6.38. The van der Waals surface area contributed by atoms with Crippen molar-refractivity contribution < 1.29 is 14.3 Å². The smallest absolute Gasteiger partial charge is 0.263 e. The third kappa shape index (κ3) is 4.81. The summed E-state index contributed by atoms with van der Waals surface area (Å²) in [4.78, 5) is 28.0. The second-order valence-electron chi connectivity index (χ2n) is 6.38.